The van der Waals surface area contributed by atoms with Crippen LogP contribution in [0.4, 0.5) is 0 Å². The Kier molecular flexibility index (Phi) is 5.76. The maximum Gasteiger partial charge on any atom is 0.329 e. The third kappa shape index (κ3) is 3.49. The van der Waals surface area contributed by atoms with Gasteiger partial charge in [0.1, 0.15) is 11.3 Å². The summed E-state index contributed by atoms with van der Waals surface area (Å²) in [6.45, 7) is 5.21. The summed E-state index contributed by atoms with van der Waals surface area (Å²) in [4.78, 5) is 27.8. The quantitative estimate of drug-likeness (QED) is 0.275. The molecule has 1 saturated carbocycles. The molecule has 4 atom stereocenters. The third-order valence-electron chi connectivity index (χ3n) is 9.82. The van der Waals surface area contributed by atoms with Gasteiger partial charge in [-0.25, -0.2) is 4.79 Å². The molecule has 2 saturated heterocycles. The number of aromatic hydroxyl groups is 1. The van der Waals surface area contributed by atoms with Crippen molar-refractivity contribution < 1.29 is 39.5 Å². The number of aliphatic hydroxyl groups is 2. The van der Waals surface area contributed by atoms with Crippen LogP contribution in [0.2, 0.25) is 0 Å². The van der Waals surface area contributed by atoms with E-state index in [0.29, 0.717) is 30.9 Å². The predicted molar refractivity (Wildman–Crippen MR) is 135 cm³/mol. The number of carbonyl (C=O) groups is 2. The Balaban J connectivity index is 1.40. The minimum Gasteiger partial charge on any atom is -0.508 e. The lowest BCUT2D eigenvalue weighted by Crippen LogP contribution is -2.73. The smallest absolute Gasteiger partial charge is 0.329 e. The average molecular weight is 529 g/mol. The summed E-state index contributed by atoms with van der Waals surface area (Å²) in [5.41, 5.74) is -2.34. The van der Waals surface area contributed by atoms with Crippen LogP contribution < -0.4 is 10.1 Å². The molecule has 1 aromatic rings. The zero-order valence-corrected chi connectivity index (χ0v) is 21.8. The number of carboxylic acids is 1. The van der Waals surface area contributed by atoms with Gasteiger partial charge in [-0.05, 0) is 63.6 Å². The molecule has 1 spiro atoms. The molecule has 206 valence electrons. The van der Waals surface area contributed by atoms with E-state index < -0.39 is 34.5 Å². The fourth-order valence-electron chi connectivity index (χ4n) is 7.31. The number of likely N-dealkylation sites (tertiary alicyclic amines) is 1. The largest absolute Gasteiger partial charge is 0.508 e. The molecule has 10 heteroatoms. The highest BCUT2D eigenvalue weighted by atomic mass is 16.5. The Morgan fingerprint density at radius 3 is 2.53 bits per heavy atom. The van der Waals surface area contributed by atoms with E-state index in [2.05, 4.69) is 10.2 Å². The molecular weight excluding hydrogens is 492 g/mol. The number of nitrogens with zero attached hydrogens (tertiary/aromatic N) is 1. The van der Waals surface area contributed by atoms with E-state index >= 15 is 0 Å². The van der Waals surface area contributed by atoms with Crippen LogP contribution in [0.15, 0.2) is 23.5 Å². The van der Waals surface area contributed by atoms with Gasteiger partial charge in [0.05, 0.1) is 16.6 Å². The van der Waals surface area contributed by atoms with E-state index in [1.807, 2.05) is 6.07 Å². The van der Waals surface area contributed by atoms with Crippen molar-refractivity contribution in [3.8, 4) is 11.5 Å². The predicted octanol–water partition coefficient (Wildman–Crippen LogP) is 1.76. The number of carbonyl (C=O) groups excluding carboxylic acids is 1. The fraction of sp³-hybridized carbons (Fsp3) is 0.643. The van der Waals surface area contributed by atoms with Crippen molar-refractivity contribution in [1.82, 2.24) is 10.2 Å². The van der Waals surface area contributed by atoms with Crippen LogP contribution >= 0.6 is 0 Å². The first-order chi connectivity index (χ1) is 18.0. The van der Waals surface area contributed by atoms with Gasteiger partial charge < -0.3 is 35.2 Å². The second-order valence-electron chi connectivity index (χ2n) is 11.9. The zero-order chi connectivity index (χ0) is 27.0. The molecule has 6 rings (SSSR count). The van der Waals surface area contributed by atoms with E-state index in [4.69, 9.17) is 9.47 Å². The van der Waals surface area contributed by atoms with Crippen LogP contribution in [0, 0.1) is 5.92 Å². The first-order valence-electron chi connectivity index (χ1n) is 13.5. The van der Waals surface area contributed by atoms with E-state index in [0.717, 1.165) is 12.1 Å². The molecule has 1 aromatic carbocycles. The number of ether oxygens (including phenoxy) is 2. The summed E-state index contributed by atoms with van der Waals surface area (Å²) in [7, 11) is 0. The van der Waals surface area contributed by atoms with Gasteiger partial charge in [-0.3, -0.25) is 9.69 Å². The first kappa shape index (κ1) is 25.5. The van der Waals surface area contributed by atoms with Crippen molar-refractivity contribution in [2.75, 3.05) is 26.3 Å². The van der Waals surface area contributed by atoms with Gasteiger partial charge in [-0.15, -0.1) is 0 Å². The molecular formula is C28H36N2O8. The van der Waals surface area contributed by atoms with Crippen molar-refractivity contribution in [2.24, 2.45) is 5.92 Å². The van der Waals surface area contributed by atoms with Crippen molar-refractivity contribution >= 4 is 11.9 Å². The number of aliphatic carboxylic acids is 1. The molecule has 3 fully saturated rings. The standard InChI is InChI=1S/C28H36N2O8/c1-15(24(33)29-27(25(34)35)8-11-37-12-9-27)21(32)23-28-7-10-30(14-16-3-4-16)19(26(28,2)36)13-17-5-6-18(31)22(38-23)20(17)28/h5-6,16,19,23,31-32,36H,3-4,7-14H2,1-2H3,(H,29,33)(H,34,35)/b21-15-/t19-,23+,26-,28+/m1/s1. The highest BCUT2D eigenvalue weighted by Gasteiger charge is 2.69. The van der Waals surface area contributed by atoms with Crippen LogP contribution in [0.3, 0.4) is 0 Å². The van der Waals surface area contributed by atoms with E-state index in [1.165, 1.54) is 19.8 Å². The number of piperidine rings is 1. The number of phenols is 1. The lowest BCUT2D eigenvalue weighted by molar-refractivity contribution is -0.153. The normalized spacial score (nSPS) is 34.1. The number of nitrogens with one attached hydrogen (secondary N) is 1. The highest BCUT2D eigenvalue weighted by molar-refractivity contribution is 5.97. The summed E-state index contributed by atoms with van der Waals surface area (Å²) >= 11 is 0. The fourth-order valence-corrected chi connectivity index (χ4v) is 7.31. The van der Waals surface area contributed by atoms with Crippen molar-refractivity contribution in [3.05, 3.63) is 34.6 Å². The summed E-state index contributed by atoms with van der Waals surface area (Å²) in [5, 5.41) is 47.1. The van der Waals surface area contributed by atoms with Crippen LogP contribution in [0.5, 0.6) is 11.5 Å². The lowest BCUT2D eigenvalue weighted by Gasteiger charge is -2.59. The number of rotatable bonds is 6. The maximum absolute atomic E-state index is 13.3. The third-order valence-corrected chi connectivity index (χ3v) is 9.82. The zero-order valence-electron chi connectivity index (χ0n) is 21.8. The van der Waals surface area contributed by atoms with Gasteiger partial charge >= 0.3 is 5.97 Å². The molecule has 1 amide bonds. The summed E-state index contributed by atoms with van der Waals surface area (Å²) in [6, 6.07) is 3.22. The summed E-state index contributed by atoms with van der Waals surface area (Å²) in [5.74, 6) is -1.45. The van der Waals surface area contributed by atoms with Gasteiger partial charge in [0.15, 0.2) is 17.6 Å². The van der Waals surface area contributed by atoms with Crippen molar-refractivity contribution in [2.45, 2.75) is 81.1 Å². The Hall–Kier alpha value is -2.82. The molecule has 3 heterocycles. The number of aliphatic hydroxyl groups excluding tert-OH is 1. The van der Waals surface area contributed by atoms with Crippen LogP contribution in [0.1, 0.15) is 57.1 Å². The molecule has 2 aliphatic carbocycles. The Labute approximate surface area is 221 Å². The van der Waals surface area contributed by atoms with E-state index in [-0.39, 0.29) is 54.9 Å². The lowest BCUT2D eigenvalue weighted by atomic mass is 9.53. The number of phenolic OH excluding ortho intramolecular Hbond substituents is 1. The Morgan fingerprint density at radius 2 is 1.87 bits per heavy atom. The molecule has 10 nitrogen and oxygen atoms in total. The number of amides is 1. The minimum atomic E-state index is -1.49. The Morgan fingerprint density at radius 1 is 1.16 bits per heavy atom. The van der Waals surface area contributed by atoms with Crippen LogP contribution in [-0.2, 0) is 26.2 Å². The van der Waals surface area contributed by atoms with E-state index in [9.17, 15) is 30.0 Å². The molecule has 0 unspecified atom stereocenters. The molecule has 3 aliphatic heterocycles. The number of carboxylic acid groups (broad SMARTS) is 1. The average Bonchev–Trinajstić information content (AvgIpc) is 3.62. The minimum absolute atomic E-state index is 0.0799. The summed E-state index contributed by atoms with van der Waals surface area (Å²) in [6.07, 6.45) is 2.55. The van der Waals surface area contributed by atoms with Gasteiger partial charge in [0, 0.05) is 44.2 Å². The second-order valence-corrected chi connectivity index (χ2v) is 11.9. The highest BCUT2D eigenvalue weighted by Crippen LogP contribution is 2.63. The monoisotopic (exact) mass is 528 g/mol. The molecule has 38 heavy (non-hydrogen) atoms. The number of fused-ring (bicyclic) bond motifs is 1. The molecule has 2 bridgehead atoms. The maximum atomic E-state index is 13.3. The van der Waals surface area contributed by atoms with Crippen molar-refractivity contribution in [3.63, 3.8) is 0 Å². The summed E-state index contributed by atoms with van der Waals surface area (Å²) < 4.78 is 11.5. The van der Waals surface area contributed by atoms with Crippen LogP contribution in [-0.4, -0.2) is 86.8 Å². The van der Waals surface area contributed by atoms with E-state index in [1.54, 1.807) is 13.0 Å². The second kappa shape index (κ2) is 8.59. The Bertz CT molecular complexity index is 1220. The molecule has 5 aliphatic rings. The number of hydrogen-bond donors (Lipinski definition) is 5. The molecule has 0 aromatic heterocycles. The number of hydrogen-bond acceptors (Lipinski definition) is 8. The molecule has 5 N–H and O–H groups in total. The number of benzene rings is 1. The van der Waals surface area contributed by atoms with Gasteiger partial charge in [0.25, 0.3) is 5.91 Å². The van der Waals surface area contributed by atoms with Gasteiger partial charge in [-0.1, -0.05) is 6.07 Å². The van der Waals surface area contributed by atoms with Gasteiger partial charge in [-0.2, -0.15) is 0 Å². The topological polar surface area (TPSA) is 149 Å². The van der Waals surface area contributed by atoms with Gasteiger partial charge in [0.2, 0.25) is 0 Å². The van der Waals surface area contributed by atoms with Crippen LogP contribution in [0.25, 0.3) is 0 Å². The SMILES string of the molecule is C/C(C(=O)NC1(C(=O)O)CCOCC1)=C(/O)[C@@H]1Oc2c(O)ccc3c2[C@@]12CCN(CC1CC1)[C@H](C3)[C@@]2(C)O. The first-order valence-corrected chi connectivity index (χ1v) is 13.5. The van der Waals surface area contributed by atoms with Crippen molar-refractivity contribution in [1.29, 1.82) is 0 Å². The molecule has 0 radical (unpaired) electrons.